The van der Waals surface area contributed by atoms with Crippen molar-refractivity contribution >= 4 is 22.4 Å². The van der Waals surface area contributed by atoms with Gasteiger partial charge in [0.1, 0.15) is 5.01 Å². The van der Waals surface area contributed by atoms with E-state index in [2.05, 4.69) is 69.4 Å². The molecule has 1 amide bonds. The highest BCUT2D eigenvalue weighted by Gasteiger charge is 2.24. The lowest BCUT2D eigenvalue weighted by Crippen LogP contribution is -2.29. The summed E-state index contributed by atoms with van der Waals surface area (Å²) in [5.41, 5.74) is 3.90. The average molecular weight is 479 g/mol. The number of amides is 1. The highest BCUT2D eigenvalue weighted by atomic mass is 32.1. The van der Waals surface area contributed by atoms with Crippen molar-refractivity contribution in [2.45, 2.75) is 51.0 Å². The smallest absolute Gasteiger partial charge is 0.220 e. The summed E-state index contributed by atoms with van der Waals surface area (Å²) in [4.78, 5) is 12.0. The number of anilines is 1. The predicted molar refractivity (Wildman–Crippen MR) is 137 cm³/mol. The molecule has 0 unspecified atom stereocenters. The zero-order valence-corrected chi connectivity index (χ0v) is 20.7. The van der Waals surface area contributed by atoms with Gasteiger partial charge in [-0.1, -0.05) is 65.9 Å². The van der Waals surface area contributed by atoms with E-state index in [1.807, 2.05) is 6.07 Å². The van der Waals surface area contributed by atoms with Gasteiger partial charge in [-0.15, -0.1) is 10.2 Å². The van der Waals surface area contributed by atoms with Crippen LogP contribution in [0.3, 0.4) is 0 Å². The third-order valence-electron chi connectivity index (χ3n) is 6.51. The van der Waals surface area contributed by atoms with Crippen LogP contribution in [0.25, 0.3) is 0 Å². The summed E-state index contributed by atoms with van der Waals surface area (Å²) in [6, 6.07) is 19.3. The first-order valence-electron chi connectivity index (χ1n) is 12.1. The number of hydrogen-bond acceptors (Lipinski definition) is 6. The van der Waals surface area contributed by atoms with Crippen molar-refractivity contribution in [1.29, 1.82) is 0 Å². The topological polar surface area (TPSA) is 76.1 Å². The Labute approximate surface area is 206 Å². The summed E-state index contributed by atoms with van der Waals surface area (Å²) in [6.07, 6.45) is 6.00. The van der Waals surface area contributed by atoms with Crippen molar-refractivity contribution in [3.63, 3.8) is 0 Å². The van der Waals surface area contributed by atoms with Gasteiger partial charge in [0, 0.05) is 33.0 Å². The lowest BCUT2D eigenvalue weighted by Gasteiger charge is -2.28. The molecule has 0 atom stereocenters. The van der Waals surface area contributed by atoms with E-state index in [1.54, 1.807) is 18.4 Å². The minimum absolute atomic E-state index is 0.153. The van der Waals surface area contributed by atoms with Crippen LogP contribution in [0.15, 0.2) is 54.6 Å². The second-order valence-corrected chi connectivity index (χ2v) is 10.1. The van der Waals surface area contributed by atoms with Gasteiger partial charge >= 0.3 is 0 Å². The Hall–Kier alpha value is -2.77. The Morgan fingerprint density at radius 1 is 1.00 bits per heavy atom. The van der Waals surface area contributed by atoms with Crippen LogP contribution < -0.4 is 10.6 Å². The van der Waals surface area contributed by atoms with Crippen molar-refractivity contribution < 1.29 is 9.53 Å². The maximum Gasteiger partial charge on any atom is 0.220 e. The van der Waals surface area contributed by atoms with Gasteiger partial charge in [-0.3, -0.25) is 4.79 Å². The standard InChI is InChI=1S/C27H34N4O2S/c1-33-16-15-28-25(32)17-21-7-11-23(12-8-21)24-13-9-22(10-14-24)19-29-27-31-30-26(34-27)18-20-5-3-2-4-6-20/h2-6,9-10,13-14,21,23H,7-8,11-12,15-19H2,1H3,(H,28,32)(H,29,31). The predicted octanol–water partition coefficient (Wildman–Crippen LogP) is 5.17. The molecule has 0 bridgehead atoms. The van der Waals surface area contributed by atoms with E-state index < -0.39 is 0 Å². The molecule has 3 aromatic rings. The average Bonchev–Trinajstić information content (AvgIpc) is 3.31. The van der Waals surface area contributed by atoms with Crippen molar-refractivity contribution in [2.24, 2.45) is 5.92 Å². The van der Waals surface area contributed by atoms with Crippen LogP contribution in [0.1, 0.15) is 59.7 Å². The number of nitrogens with zero attached hydrogens (tertiary/aromatic N) is 2. The molecule has 2 N–H and O–H groups in total. The number of rotatable bonds is 11. The van der Waals surface area contributed by atoms with Crippen molar-refractivity contribution in [1.82, 2.24) is 15.5 Å². The van der Waals surface area contributed by atoms with Gasteiger partial charge in [0.2, 0.25) is 11.0 Å². The second kappa shape index (κ2) is 12.6. The van der Waals surface area contributed by atoms with E-state index in [9.17, 15) is 4.79 Å². The minimum atomic E-state index is 0.153. The quantitative estimate of drug-likeness (QED) is 0.372. The van der Waals surface area contributed by atoms with Crippen LogP contribution in [-0.4, -0.2) is 36.4 Å². The molecule has 1 aliphatic rings. The summed E-state index contributed by atoms with van der Waals surface area (Å²) in [5, 5.41) is 16.8. The number of hydrogen-bond donors (Lipinski definition) is 2. The normalized spacial score (nSPS) is 17.9. The molecule has 1 saturated carbocycles. The van der Waals surface area contributed by atoms with E-state index in [0.717, 1.165) is 48.8 Å². The van der Waals surface area contributed by atoms with E-state index in [-0.39, 0.29) is 5.91 Å². The monoisotopic (exact) mass is 478 g/mol. The Bertz CT molecular complexity index is 1010. The Kier molecular flexibility index (Phi) is 9.04. The summed E-state index contributed by atoms with van der Waals surface area (Å²) < 4.78 is 4.99. The van der Waals surface area contributed by atoms with E-state index in [1.165, 1.54) is 16.7 Å². The number of nitrogens with one attached hydrogen (secondary N) is 2. The summed E-state index contributed by atoms with van der Waals surface area (Å²) in [7, 11) is 1.65. The molecule has 1 heterocycles. The third kappa shape index (κ3) is 7.37. The molecule has 0 spiro atoms. The molecule has 4 rings (SSSR count). The molecule has 0 saturated heterocycles. The second-order valence-electron chi connectivity index (χ2n) is 9.02. The lowest BCUT2D eigenvalue weighted by molar-refractivity contribution is -0.122. The molecule has 2 aromatic carbocycles. The minimum Gasteiger partial charge on any atom is -0.383 e. The van der Waals surface area contributed by atoms with Crippen LogP contribution in [0.4, 0.5) is 5.13 Å². The van der Waals surface area contributed by atoms with Gasteiger partial charge in [0.25, 0.3) is 0 Å². The van der Waals surface area contributed by atoms with E-state index in [0.29, 0.717) is 31.4 Å². The molecule has 180 valence electrons. The zero-order chi connectivity index (χ0) is 23.6. The first-order valence-corrected chi connectivity index (χ1v) is 13.0. The molecule has 1 fully saturated rings. The van der Waals surface area contributed by atoms with Crippen LogP contribution >= 0.6 is 11.3 Å². The SMILES string of the molecule is COCCNC(=O)CC1CCC(c2ccc(CNc3nnc(Cc4ccccc4)s3)cc2)CC1. The highest BCUT2D eigenvalue weighted by Crippen LogP contribution is 2.37. The first kappa shape index (κ1) is 24.4. The fourth-order valence-corrected chi connectivity index (χ4v) is 5.35. The number of carbonyl (C=O) groups excluding carboxylic acids is 1. The van der Waals surface area contributed by atoms with Crippen molar-refractivity contribution in [3.8, 4) is 0 Å². The highest BCUT2D eigenvalue weighted by molar-refractivity contribution is 7.15. The molecular weight excluding hydrogens is 444 g/mol. The van der Waals surface area contributed by atoms with Crippen LogP contribution in [-0.2, 0) is 22.5 Å². The Balaban J connectivity index is 1.19. The number of ether oxygens (including phenoxy) is 1. The lowest BCUT2D eigenvalue weighted by atomic mass is 9.77. The first-order chi connectivity index (χ1) is 16.7. The van der Waals surface area contributed by atoms with Gasteiger partial charge in [0.15, 0.2) is 0 Å². The summed E-state index contributed by atoms with van der Waals surface area (Å²) in [5.74, 6) is 1.25. The Morgan fingerprint density at radius 3 is 2.50 bits per heavy atom. The third-order valence-corrected chi connectivity index (χ3v) is 7.39. The van der Waals surface area contributed by atoms with E-state index in [4.69, 9.17) is 4.74 Å². The summed E-state index contributed by atoms with van der Waals surface area (Å²) >= 11 is 1.61. The largest absolute Gasteiger partial charge is 0.383 e. The molecule has 7 heteroatoms. The number of carbonyl (C=O) groups is 1. The van der Waals surface area contributed by atoms with Gasteiger partial charge < -0.3 is 15.4 Å². The number of methoxy groups -OCH3 is 1. The fourth-order valence-electron chi connectivity index (χ4n) is 4.58. The molecule has 0 radical (unpaired) electrons. The number of benzene rings is 2. The molecule has 6 nitrogen and oxygen atoms in total. The molecule has 1 aliphatic carbocycles. The fraction of sp³-hybridized carbons (Fsp3) is 0.444. The Morgan fingerprint density at radius 2 is 1.76 bits per heavy atom. The zero-order valence-electron chi connectivity index (χ0n) is 19.8. The van der Waals surface area contributed by atoms with Crippen molar-refractivity contribution in [2.75, 3.05) is 25.6 Å². The van der Waals surface area contributed by atoms with Gasteiger partial charge in [-0.05, 0) is 54.2 Å². The summed E-state index contributed by atoms with van der Waals surface area (Å²) in [6.45, 7) is 1.91. The van der Waals surface area contributed by atoms with Gasteiger partial charge in [-0.25, -0.2) is 0 Å². The van der Waals surface area contributed by atoms with E-state index >= 15 is 0 Å². The molecule has 0 aliphatic heterocycles. The molecular formula is C27H34N4O2S. The van der Waals surface area contributed by atoms with Crippen LogP contribution in [0.2, 0.25) is 0 Å². The van der Waals surface area contributed by atoms with Crippen LogP contribution in [0.5, 0.6) is 0 Å². The maximum atomic E-state index is 12.0. The van der Waals surface area contributed by atoms with Crippen LogP contribution in [0, 0.1) is 5.92 Å². The van der Waals surface area contributed by atoms with Gasteiger partial charge in [0.05, 0.1) is 6.61 Å². The maximum absolute atomic E-state index is 12.0. The van der Waals surface area contributed by atoms with Crippen molar-refractivity contribution in [3.05, 3.63) is 76.3 Å². The number of aromatic nitrogens is 2. The molecule has 34 heavy (non-hydrogen) atoms. The molecule has 1 aromatic heterocycles. The van der Waals surface area contributed by atoms with Gasteiger partial charge in [-0.2, -0.15) is 0 Å².